The molecular formula is C49H35NO. The van der Waals surface area contributed by atoms with E-state index >= 15 is 0 Å². The van der Waals surface area contributed by atoms with Gasteiger partial charge >= 0.3 is 0 Å². The Bertz CT molecular complexity index is 2770. The first-order chi connectivity index (χ1) is 25.0. The lowest BCUT2D eigenvalue weighted by molar-refractivity contribution is 0.660. The van der Waals surface area contributed by atoms with E-state index in [1.807, 2.05) is 6.07 Å². The van der Waals surface area contributed by atoms with Gasteiger partial charge in [-0.3, -0.25) is 0 Å². The lowest BCUT2D eigenvalue weighted by Crippen LogP contribution is -2.16. The van der Waals surface area contributed by atoms with Crippen LogP contribution in [0, 0.1) is 0 Å². The Labute approximate surface area is 297 Å². The van der Waals surface area contributed by atoms with Gasteiger partial charge in [-0.1, -0.05) is 147 Å². The molecule has 51 heavy (non-hydrogen) atoms. The van der Waals surface area contributed by atoms with Crippen molar-refractivity contribution >= 4 is 49.8 Å². The number of nitrogens with zero attached hydrogens (tertiary/aromatic N) is 1. The Hall–Kier alpha value is -6.38. The Morgan fingerprint density at radius 1 is 0.431 bits per heavy atom. The molecule has 1 heterocycles. The summed E-state index contributed by atoms with van der Waals surface area (Å²) in [5.74, 6) is 0. The number of para-hydroxylation sites is 1. The first-order valence-electron chi connectivity index (χ1n) is 17.7. The number of fused-ring (bicyclic) bond motifs is 7. The first kappa shape index (κ1) is 29.5. The monoisotopic (exact) mass is 653 g/mol. The molecule has 9 aromatic rings. The SMILES string of the molecule is CC1(C)c2ccccc2-c2ccc(N(c3ccc(-c4cccc5ccccc45)cc3)c3cc(-c4ccccc4)cc4c3oc3ccccc34)cc21. The molecule has 0 bridgehead atoms. The molecule has 0 fully saturated rings. The normalized spacial score (nSPS) is 13.1. The van der Waals surface area contributed by atoms with Crippen molar-refractivity contribution < 1.29 is 4.42 Å². The van der Waals surface area contributed by atoms with Crippen LogP contribution in [-0.4, -0.2) is 0 Å². The van der Waals surface area contributed by atoms with Gasteiger partial charge in [0, 0.05) is 27.6 Å². The van der Waals surface area contributed by atoms with E-state index in [9.17, 15) is 0 Å². The largest absolute Gasteiger partial charge is 0.454 e. The lowest BCUT2D eigenvalue weighted by atomic mass is 9.82. The summed E-state index contributed by atoms with van der Waals surface area (Å²) in [5.41, 5.74) is 14.9. The van der Waals surface area contributed by atoms with Crippen LogP contribution in [0.2, 0.25) is 0 Å². The third-order valence-corrected chi connectivity index (χ3v) is 10.9. The predicted molar refractivity (Wildman–Crippen MR) is 214 cm³/mol. The molecule has 242 valence electrons. The molecule has 0 aliphatic heterocycles. The van der Waals surface area contributed by atoms with Crippen LogP contribution in [0.25, 0.3) is 66.1 Å². The van der Waals surface area contributed by atoms with Crippen LogP contribution in [-0.2, 0) is 5.41 Å². The Morgan fingerprint density at radius 3 is 1.96 bits per heavy atom. The summed E-state index contributed by atoms with van der Waals surface area (Å²) >= 11 is 0. The number of furan rings is 1. The van der Waals surface area contributed by atoms with Gasteiger partial charge in [0.25, 0.3) is 0 Å². The summed E-state index contributed by atoms with van der Waals surface area (Å²) < 4.78 is 6.78. The molecule has 0 unspecified atom stereocenters. The lowest BCUT2D eigenvalue weighted by Gasteiger charge is -2.28. The zero-order valence-electron chi connectivity index (χ0n) is 28.6. The van der Waals surface area contributed by atoms with Gasteiger partial charge in [-0.2, -0.15) is 0 Å². The van der Waals surface area contributed by atoms with E-state index in [0.717, 1.165) is 44.6 Å². The maximum absolute atomic E-state index is 6.78. The fourth-order valence-corrected chi connectivity index (χ4v) is 8.30. The van der Waals surface area contributed by atoms with Crippen molar-refractivity contribution in [2.75, 3.05) is 4.90 Å². The molecule has 1 aromatic heterocycles. The van der Waals surface area contributed by atoms with Gasteiger partial charge in [0.2, 0.25) is 0 Å². The highest BCUT2D eigenvalue weighted by molar-refractivity contribution is 6.12. The predicted octanol–water partition coefficient (Wildman–Crippen LogP) is 13.8. The zero-order chi connectivity index (χ0) is 34.1. The van der Waals surface area contributed by atoms with Crippen LogP contribution in [0.15, 0.2) is 180 Å². The van der Waals surface area contributed by atoms with Gasteiger partial charge in [-0.25, -0.2) is 0 Å². The van der Waals surface area contributed by atoms with E-state index in [0.29, 0.717) is 0 Å². The standard InChI is InChI=1S/C49H35NO/c1-49(2)44-21-10-8-18-40(44)41-28-27-37(31-45(41)49)50(36-25-23-34(24-26-36)39-20-12-16-33-15-6-7-17-38(33)39)46-30-35(32-13-4-3-5-14-32)29-43-42-19-9-11-22-47(42)51-48(43)46/h3-31H,1-2H3. The molecule has 0 atom stereocenters. The van der Waals surface area contributed by atoms with Gasteiger partial charge in [0.05, 0.1) is 5.69 Å². The fraction of sp³-hybridized carbons (Fsp3) is 0.0612. The fourth-order valence-electron chi connectivity index (χ4n) is 8.30. The Balaban J connectivity index is 1.22. The minimum absolute atomic E-state index is 0.133. The minimum Gasteiger partial charge on any atom is -0.454 e. The zero-order valence-corrected chi connectivity index (χ0v) is 28.6. The van der Waals surface area contributed by atoms with E-state index in [2.05, 4.69) is 189 Å². The topological polar surface area (TPSA) is 16.4 Å². The molecule has 2 heteroatoms. The highest BCUT2D eigenvalue weighted by Gasteiger charge is 2.36. The molecule has 0 saturated carbocycles. The second-order valence-electron chi connectivity index (χ2n) is 14.1. The number of benzene rings is 8. The second-order valence-corrected chi connectivity index (χ2v) is 14.1. The maximum atomic E-state index is 6.78. The van der Waals surface area contributed by atoms with E-state index < -0.39 is 0 Å². The summed E-state index contributed by atoms with van der Waals surface area (Å²) in [6.07, 6.45) is 0. The number of hydrogen-bond acceptors (Lipinski definition) is 2. The Kier molecular flexibility index (Phi) is 6.56. The average molecular weight is 654 g/mol. The highest BCUT2D eigenvalue weighted by Crippen LogP contribution is 2.52. The highest BCUT2D eigenvalue weighted by atomic mass is 16.3. The van der Waals surface area contributed by atoms with Crippen LogP contribution in [0.4, 0.5) is 17.1 Å². The molecule has 0 radical (unpaired) electrons. The third kappa shape index (κ3) is 4.64. The molecular weight excluding hydrogens is 619 g/mol. The molecule has 0 N–H and O–H groups in total. The quantitative estimate of drug-likeness (QED) is 0.184. The number of rotatable bonds is 5. The van der Waals surface area contributed by atoms with Crippen molar-refractivity contribution in [3.63, 3.8) is 0 Å². The van der Waals surface area contributed by atoms with Crippen LogP contribution < -0.4 is 4.90 Å². The van der Waals surface area contributed by atoms with Crippen molar-refractivity contribution in [1.29, 1.82) is 0 Å². The van der Waals surface area contributed by atoms with Crippen LogP contribution in [0.5, 0.6) is 0 Å². The molecule has 0 saturated heterocycles. The summed E-state index contributed by atoms with van der Waals surface area (Å²) in [4.78, 5) is 2.39. The number of hydrogen-bond donors (Lipinski definition) is 0. The molecule has 1 aliphatic carbocycles. The van der Waals surface area contributed by atoms with Crippen LogP contribution in [0.3, 0.4) is 0 Å². The second kappa shape index (κ2) is 11.3. The summed E-state index contributed by atoms with van der Waals surface area (Å²) in [7, 11) is 0. The number of anilines is 3. The smallest absolute Gasteiger partial charge is 0.159 e. The first-order valence-corrected chi connectivity index (χ1v) is 17.7. The molecule has 2 nitrogen and oxygen atoms in total. The van der Waals surface area contributed by atoms with Crippen LogP contribution >= 0.6 is 0 Å². The van der Waals surface area contributed by atoms with Gasteiger partial charge < -0.3 is 9.32 Å². The summed E-state index contributed by atoms with van der Waals surface area (Å²) in [6.45, 7) is 4.69. The van der Waals surface area contributed by atoms with E-state index in [4.69, 9.17) is 4.42 Å². The van der Waals surface area contributed by atoms with Crippen molar-refractivity contribution in [3.8, 4) is 33.4 Å². The van der Waals surface area contributed by atoms with E-state index in [1.165, 1.54) is 49.7 Å². The van der Waals surface area contributed by atoms with Crippen molar-refractivity contribution in [2.45, 2.75) is 19.3 Å². The van der Waals surface area contributed by atoms with E-state index in [1.54, 1.807) is 0 Å². The summed E-state index contributed by atoms with van der Waals surface area (Å²) in [5, 5.41) is 4.72. The Morgan fingerprint density at radius 2 is 1.10 bits per heavy atom. The van der Waals surface area contributed by atoms with Gasteiger partial charge in [-0.05, 0) is 97.7 Å². The average Bonchev–Trinajstić information content (AvgIpc) is 3.67. The van der Waals surface area contributed by atoms with Gasteiger partial charge in [0.1, 0.15) is 5.58 Å². The maximum Gasteiger partial charge on any atom is 0.159 e. The van der Waals surface area contributed by atoms with Crippen molar-refractivity contribution in [1.82, 2.24) is 0 Å². The third-order valence-electron chi connectivity index (χ3n) is 10.9. The molecule has 0 amide bonds. The molecule has 1 aliphatic rings. The van der Waals surface area contributed by atoms with Crippen molar-refractivity contribution in [3.05, 3.63) is 187 Å². The molecule has 8 aromatic carbocycles. The van der Waals surface area contributed by atoms with Crippen LogP contribution in [0.1, 0.15) is 25.0 Å². The molecule has 10 rings (SSSR count). The van der Waals surface area contributed by atoms with Gasteiger partial charge in [-0.15, -0.1) is 0 Å². The molecule has 0 spiro atoms. The van der Waals surface area contributed by atoms with Crippen molar-refractivity contribution in [2.24, 2.45) is 0 Å². The van der Waals surface area contributed by atoms with E-state index in [-0.39, 0.29) is 5.41 Å². The van der Waals surface area contributed by atoms with Gasteiger partial charge in [0.15, 0.2) is 5.58 Å². The minimum atomic E-state index is -0.133. The summed E-state index contributed by atoms with van der Waals surface area (Å²) in [6, 6.07) is 63.6.